The molecule has 0 spiro atoms. The Kier molecular flexibility index (Phi) is 10.7. The van der Waals surface area contributed by atoms with Crippen LogP contribution in [0.3, 0.4) is 0 Å². The standard InChI is InChI=1S/C24H28Cl4N2O2S/c1-5-21(23(32)29-24(2,3)4)30(12-16-7-8-17(25)11-19(16)27)22(31)14-33-13-15-6-9-18(26)20(28)10-15/h6-11,21H,5,12-14H2,1-4H3,(H,29,32)/t21-/m1/s1. The number of nitrogens with zero attached hydrogens (tertiary/aromatic N) is 1. The number of thioether (sulfide) groups is 1. The number of carbonyl (C=O) groups is 2. The van der Waals surface area contributed by atoms with Gasteiger partial charge in [0.2, 0.25) is 11.8 Å². The molecule has 0 aliphatic heterocycles. The third-order valence-electron chi connectivity index (χ3n) is 4.72. The number of hydrogen-bond donors (Lipinski definition) is 1. The molecule has 1 N–H and O–H groups in total. The van der Waals surface area contributed by atoms with Gasteiger partial charge < -0.3 is 10.2 Å². The average Bonchev–Trinajstić information content (AvgIpc) is 2.70. The van der Waals surface area contributed by atoms with Crippen molar-refractivity contribution in [2.75, 3.05) is 5.75 Å². The van der Waals surface area contributed by atoms with Gasteiger partial charge in [0, 0.05) is 27.9 Å². The third kappa shape index (κ3) is 8.88. The first-order chi connectivity index (χ1) is 15.4. The molecule has 1 atom stereocenters. The van der Waals surface area contributed by atoms with Gasteiger partial charge in [0.1, 0.15) is 6.04 Å². The van der Waals surface area contributed by atoms with Gasteiger partial charge in [0.15, 0.2) is 0 Å². The predicted molar refractivity (Wildman–Crippen MR) is 142 cm³/mol. The number of amides is 2. The summed E-state index contributed by atoms with van der Waals surface area (Å²) in [7, 11) is 0. The van der Waals surface area contributed by atoms with Gasteiger partial charge in [-0.1, -0.05) is 65.5 Å². The van der Waals surface area contributed by atoms with Crippen molar-refractivity contribution in [1.82, 2.24) is 10.2 Å². The molecule has 0 aliphatic carbocycles. The van der Waals surface area contributed by atoms with Crippen LogP contribution in [0.15, 0.2) is 36.4 Å². The van der Waals surface area contributed by atoms with E-state index in [1.807, 2.05) is 33.8 Å². The molecule has 2 amide bonds. The summed E-state index contributed by atoms with van der Waals surface area (Å²) in [6, 6.07) is 9.91. The summed E-state index contributed by atoms with van der Waals surface area (Å²) in [6.07, 6.45) is 0.469. The van der Waals surface area contributed by atoms with Crippen LogP contribution < -0.4 is 5.32 Å². The molecule has 0 bridgehead atoms. The second-order valence-electron chi connectivity index (χ2n) is 8.66. The molecule has 2 aromatic rings. The Labute approximate surface area is 220 Å². The quantitative estimate of drug-likeness (QED) is 0.358. The maximum atomic E-state index is 13.3. The lowest BCUT2D eigenvalue weighted by atomic mass is 10.1. The highest BCUT2D eigenvalue weighted by molar-refractivity contribution is 7.99. The van der Waals surface area contributed by atoms with Crippen molar-refractivity contribution >= 4 is 70.0 Å². The second-order valence-corrected chi connectivity index (χ2v) is 11.3. The average molecular weight is 550 g/mol. The molecule has 9 heteroatoms. The monoisotopic (exact) mass is 548 g/mol. The van der Waals surface area contributed by atoms with Gasteiger partial charge in [-0.2, -0.15) is 0 Å². The lowest BCUT2D eigenvalue weighted by Gasteiger charge is -2.33. The number of nitrogens with one attached hydrogen (secondary N) is 1. The molecule has 2 aromatic carbocycles. The minimum atomic E-state index is -0.631. The Morgan fingerprint density at radius 3 is 2.27 bits per heavy atom. The summed E-state index contributed by atoms with van der Waals surface area (Å²) in [5, 5.41) is 4.92. The fraction of sp³-hybridized carbons (Fsp3) is 0.417. The molecule has 0 unspecified atom stereocenters. The molecule has 0 saturated heterocycles. The van der Waals surface area contributed by atoms with Gasteiger partial charge in [-0.05, 0) is 62.6 Å². The molecule has 0 saturated carbocycles. The second kappa shape index (κ2) is 12.6. The van der Waals surface area contributed by atoms with Crippen LogP contribution in [0.2, 0.25) is 20.1 Å². The minimum Gasteiger partial charge on any atom is -0.350 e. The summed E-state index contributed by atoms with van der Waals surface area (Å²) in [5.74, 6) is 0.438. The molecular weight excluding hydrogens is 522 g/mol. The first kappa shape index (κ1) is 28.1. The smallest absolute Gasteiger partial charge is 0.243 e. The van der Waals surface area contributed by atoms with Crippen LogP contribution in [-0.4, -0.2) is 34.0 Å². The van der Waals surface area contributed by atoms with E-state index in [0.717, 1.165) is 11.1 Å². The molecule has 2 rings (SSSR count). The van der Waals surface area contributed by atoms with E-state index >= 15 is 0 Å². The highest BCUT2D eigenvalue weighted by Gasteiger charge is 2.31. The predicted octanol–water partition coefficient (Wildman–Crippen LogP) is 7.26. The number of halogens is 4. The van der Waals surface area contributed by atoms with Crippen LogP contribution in [0.1, 0.15) is 45.2 Å². The lowest BCUT2D eigenvalue weighted by Crippen LogP contribution is -2.53. The third-order valence-corrected chi connectivity index (χ3v) is 7.03. The van der Waals surface area contributed by atoms with Crippen molar-refractivity contribution in [2.24, 2.45) is 0 Å². The van der Waals surface area contributed by atoms with E-state index in [4.69, 9.17) is 46.4 Å². The minimum absolute atomic E-state index is 0.151. The summed E-state index contributed by atoms with van der Waals surface area (Å²) in [5.41, 5.74) is 1.28. The largest absolute Gasteiger partial charge is 0.350 e. The van der Waals surface area contributed by atoms with E-state index in [1.54, 1.807) is 35.2 Å². The first-order valence-electron chi connectivity index (χ1n) is 10.5. The van der Waals surface area contributed by atoms with Crippen molar-refractivity contribution in [2.45, 2.75) is 58.0 Å². The van der Waals surface area contributed by atoms with Crippen molar-refractivity contribution in [1.29, 1.82) is 0 Å². The Bertz CT molecular complexity index is 995. The topological polar surface area (TPSA) is 49.4 Å². The van der Waals surface area contributed by atoms with E-state index in [2.05, 4.69) is 5.32 Å². The van der Waals surface area contributed by atoms with Crippen molar-refractivity contribution < 1.29 is 9.59 Å². The van der Waals surface area contributed by atoms with Crippen molar-refractivity contribution in [3.63, 3.8) is 0 Å². The SMILES string of the molecule is CC[C@H](C(=O)NC(C)(C)C)N(Cc1ccc(Cl)cc1Cl)C(=O)CSCc1ccc(Cl)c(Cl)c1. The molecule has 180 valence electrons. The summed E-state index contributed by atoms with van der Waals surface area (Å²) >= 11 is 25.9. The molecular formula is C24H28Cl4N2O2S. The van der Waals surface area contributed by atoms with Gasteiger partial charge in [-0.3, -0.25) is 9.59 Å². The van der Waals surface area contributed by atoms with Crippen LogP contribution in [0.5, 0.6) is 0 Å². The van der Waals surface area contributed by atoms with Crippen LogP contribution in [0.25, 0.3) is 0 Å². The highest BCUT2D eigenvalue weighted by Crippen LogP contribution is 2.26. The normalized spacial score (nSPS) is 12.4. The fourth-order valence-corrected chi connectivity index (χ4v) is 4.82. The van der Waals surface area contributed by atoms with E-state index in [-0.39, 0.29) is 24.1 Å². The number of rotatable bonds is 9. The molecule has 4 nitrogen and oxygen atoms in total. The van der Waals surface area contributed by atoms with Crippen molar-refractivity contribution in [3.05, 3.63) is 67.6 Å². The number of hydrogen-bond acceptors (Lipinski definition) is 3. The first-order valence-corrected chi connectivity index (χ1v) is 13.1. The van der Waals surface area contributed by atoms with Gasteiger partial charge >= 0.3 is 0 Å². The molecule has 0 aromatic heterocycles. The van der Waals surface area contributed by atoms with Crippen molar-refractivity contribution in [3.8, 4) is 0 Å². The molecule has 0 radical (unpaired) electrons. The summed E-state index contributed by atoms with van der Waals surface area (Å²) in [4.78, 5) is 27.9. The molecule has 0 fully saturated rings. The Hall–Kier alpha value is -1.11. The maximum Gasteiger partial charge on any atom is 0.243 e. The van der Waals surface area contributed by atoms with Crippen LogP contribution in [0, 0.1) is 0 Å². The van der Waals surface area contributed by atoms with Gasteiger partial charge in [0.05, 0.1) is 15.8 Å². The van der Waals surface area contributed by atoms with Crippen LogP contribution in [0.4, 0.5) is 0 Å². The van der Waals surface area contributed by atoms with Gasteiger partial charge in [-0.25, -0.2) is 0 Å². The van der Waals surface area contributed by atoms with E-state index < -0.39 is 11.6 Å². The maximum absolute atomic E-state index is 13.3. The molecule has 33 heavy (non-hydrogen) atoms. The van der Waals surface area contributed by atoms with Gasteiger partial charge in [0.25, 0.3) is 0 Å². The van der Waals surface area contributed by atoms with E-state index in [1.165, 1.54) is 11.8 Å². The van der Waals surface area contributed by atoms with E-state index in [0.29, 0.717) is 32.3 Å². The zero-order chi connectivity index (χ0) is 24.8. The zero-order valence-corrected chi connectivity index (χ0v) is 22.9. The molecule has 0 heterocycles. The highest BCUT2D eigenvalue weighted by atomic mass is 35.5. The van der Waals surface area contributed by atoms with Gasteiger partial charge in [-0.15, -0.1) is 11.8 Å². The summed E-state index contributed by atoms with van der Waals surface area (Å²) < 4.78 is 0. The lowest BCUT2D eigenvalue weighted by molar-refractivity contribution is -0.140. The number of benzene rings is 2. The Morgan fingerprint density at radius 2 is 1.70 bits per heavy atom. The van der Waals surface area contributed by atoms with Crippen LogP contribution >= 0.6 is 58.2 Å². The van der Waals surface area contributed by atoms with Crippen LogP contribution in [-0.2, 0) is 21.9 Å². The summed E-state index contributed by atoms with van der Waals surface area (Å²) in [6.45, 7) is 7.82. The fourth-order valence-electron chi connectivity index (χ4n) is 3.17. The zero-order valence-electron chi connectivity index (χ0n) is 19.1. The molecule has 0 aliphatic rings. The van der Waals surface area contributed by atoms with E-state index in [9.17, 15) is 9.59 Å². The Morgan fingerprint density at radius 1 is 1.00 bits per heavy atom. The Balaban J connectivity index is 2.20. The number of carbonyl (C=O) groups excluding carboxylic acids is 2.